The summed E-state index contributed by atoms with van der Waals surface area (Å²) in [5.41, 5.74) is 1.82. The van der Waals surface area contributed by atoms with Gasteiger partial charge < -0.3 is 29.3 Å². The molecule has 0 aromatic heterocycles. The van der Waals surface area contributed by atoms with Gasteiger partial charge in [0.05, 0.1) is 24.7 Å². The molecule has 0 radical (unpaired) electrons. The van der Waals surface area contributed by atoms with Crippen LogP contribution in [0, 0.1) is 25.7 Å². The molecule has 0 saturated carbocycles. The Morgan fingerprint density at radius 3 is 2.50 bits per heavy atom. The summed E-state index contributed by atoms with van der Waals surface area (Å²) in [4.78, 5) is 61.2. The summed E-state index contributed by atoms with van der Waals surface area (Å²) < 4.78 is 12.7. The maximum atomic E-state index is 14.8. The number of likely N-dealkylation sites (tertiary alicyclic amines) is 1. The van der Waals surface area contributed by atoms with E-state index in [1.807, 2.05) is 81.5 Å². The number of allylic oxidation sites excluding steroid dienone is 1. The zero-order valence-electron chi connectivity index (χ0n) is 26.7. The number of esters is 1. The van der Waals surface area contributed by atoms with Crippen LogP contribution < -0.4 is 4.90 Å². The summed E-state index contributed by atoms with van der Waals surface area (Å²) in [7, 11) is 1.70. The number of β-amino-alcohol motifs (C(OH)–C–C–N with tert-alkyl or cyclic N) is 1. The first-order valence-corrected chi connectivity index (χ1v) is 15.9. The number of aryl methyl sites for hydroxylation is 2. The molecule has 46 heavy (non-hydrogen) atoms. The SMILES string of the molecule is Cc1ccc(C)c(N2C/C=C\CCC(=O)N(C)[C@@H](C)[C@H](c3ccccc3)OC(=O)[C@@H]3[C@H]4C(=O)N(CCO)[C@H](C2=O)[C@]42C=C[C@H]3O2)c1. The van der Waals surface area contributed by atoms with E-state index in [4.69, 9.17) is 9.47 Å². The number of likely N-dealkylation sites (N-methyl/N-ethyl adjacent to an activating group) is 1. The van der Waals surface area contributed by atoms with Crippen LogP contribution in [0.3, 0.4) is 0 Å². The summed E-state index contributed by atoms with van der Waals surface area (Å²) >= 11 is 0. The number of aliphatic hydroxyl groups excluding tert-OH is 1. The number of nitrogens with zero attached hydrogens (tertiary/aromatic N) is 3. The average Bonchev–Trinajstić information content (AvgIpc) is 3.69. The predicted octanol–water partition coefficient (Wildman–Crippen LogP) is 3.26. The second kappa shape index (κ2) is 12.5. The Morgan fingerprint density at radius 1 is 1.00 bits per heavy atom. The molecule has 4 heterocycles. The van der Waals surface area contributed by atoms with Crippen LogP contribution in [0.4, 0.5) is 5.69 Å². The van der Waals surface area contributed by atoms with E-state index in [1.165, 1.54) is 4.90 Å². The van der Waals surface area contributed by atoms with Gasteiger partial charge in [-0.15, -0.1) is 0 Å². The number of anilines is 1. The maximum absolute atomic E-state index is 14.8. The summed E-state index contributed by atoms with van der Waals surface area (Å²) in [6.07, 6.45) is 6.34. The van der Waals surface area contributed by atoms with Gasteiger partial charge in [-0.1, -0.05) is 66.8 Å². The minimum absolute atomic E-state index is 0.0931. The van der Waals surface area contributed by atoms with Crippen LogP contribution in [0.25, 0.3) is 0 Å². The van der Waals surface area contributed by atoms with E-state index in [0.29, 0.717) is 17.7 Å². The molecule has 4 aliphatic heterocycles. The zero-order valence-corrected chi connectivity index (χ0v) is 26.7. The Kier molecular flexibility index (Phi) is 8.60. The molecule has 6 rings (SSSR count). The van der Waals surface area contributed by atoms with E-state index in [-0.39, 0.29) is 37.9 Å². The molecule has 242 valence electrons. The minimum atomic E-state index is -1.41. The van der Waals surface area contributed by atoms with Gasteiger partial charge in [0.25, 0.3) is 5.91 Å². The van der Waals surface area contributed by atoms with Crippen molar-refractivity contribution in [3.8, 4) is 0 Å². The molecular weight excluding hydrogens is 586 g/mol. The van der Waals surface area contributed by atoms with Gasteiger partial charge in [-0.2, -0.15) is 0 Å². The molecule has 2 aromatic carbocycles. The molecule has 0 aliphatic carbocycles. The highest BCUT2D eigenvalue weighted by Gasteiger charge is 2.73. The molecule has 2 saturated heterocycles. The van der Waals surface area contributed by atoms with E-state index >= 15 is 0 Å². The Morgan fingerprint density at radius 2 is 1.76 bits per heavy atom. The van der Waals surface area contributed by atoms with Gasteiger partial charge in [-0.25, -0.2) is 0 Å². The lowest BCUT2D eigenvalue weighted by atomic mass is 9.74. The van der Waals surface area contributed by atoms with Crippen molar-refractivity contribution in [2.75, 3.05) is 31.6 Å². The third kappa shape index (κ3) is 5.23. The Balaban J connectivity index is 1.47. The molecule has 5 bridgehead atoms. The van der Waals surface area contributed by atoms with Crippen LogP contribution in [0.1, 0.15) is 42.6 Å². The third-order valence-corrected chi connectivity index (χ3v) is 9.94. The van der Waals surface area contributed by atoms with Crippen molar-refractivity contribution >= 4 is 29.4 Å². The van der Waals surface area contributed by atoms with Crippen molar-refractivity contribution < 1.29 is 33.8 Å². The van der Waals surface area contributed by atoms with Crippen LogP contribution in [0.5, 0.6) is 0 Å². The fourth-order valence-corrected chi connectivity index (χ4v) is 7.43. The molecule has 2 fully saturated rings. The molecule has 10 nitrogen and oxygen atoms in total. The van der Waals surface area contributed by atoms with Crippen molar-refractivity contribution in [3.05, 3.63) is 89.5 Å². The minimum Gasteiger partial charge on any atom is -0.455 e. The number of carbonyl (C=O) groups is 4. The van der Waals surface area contributed by atoms with Crippen LogP contribution >= 0.6 is 0 Å². The first-order valence-electron chi connectivity index (χ1n) is 15.9. The molecular formula is C36H41N3O7. The fraction of sp³-hybridized carbons (Fsp3) is 0.444. The van der Waals surface area contributed by atoms with E-state index in [2.05, 4.69) is 0 Å². The number of ether oxygens (including phenoxy) is 2. The van der Waals surface area contributed by atoms with Crippen LogP contribution in [0.15, 0.2) is 72.8 Å². The molecule has 7 atom stereocenters. The van der Waals surface area contributed by atoms with Crippen molar-refractivity contribution in [3.63, 3.8) is 0 Å². The quantitative estimate of drug-likeness (QED) is 0.409. The lowest BCUT2D eigenvalue weighted by Crippen LogP contribution is -2.56. The number of hydrogen-bond acceptors (Lipinski definition) is 7. The van der Waals surface area contributed by atoms with Gasteiger partial charge >= 0.3 is 5.97 Å². The van der Waals surface area contributed by atoms with Crippen LogP contribution in [-0.4, -0.2) is 89.1 Å². The Bertz CT molecular complexity index is 1590. The number of cyclic esters (lactones) is 1. The maximum Gasteiger partial charge on any atom is 0.313 e. The molecule has 1 N–H and O–H groups in total. The van der Waals surface area contributed by atoms with Gasteiger partial charge in [0, 0.05) is 32.2 Å². The Labute approximate surface area is 269 Å². The predicted molar refractivity (Wildman–Crippen MR) is 170 cm³/mol. The van der Waals surface area contributed by atoms with Crippen molar-refractivity contribution in [1.82, 2.24) is 9.80 Å². The topological polar surface area (TPSA) is 117 Å². The second-order valence-electron chi connectivity index (χ2n) is 12.7. The standard InChI is InChI=1S/C36H41N3O7/c1-22-14-15-23(2)26(21-22)38-18-10-6-9-13-28(41)37(4)24(3)31(25-11-7-5-8-12-25)45-35(44)29-27-16-17-36(46-27)30(29)33(42)39(19-20-40)32(36)34(38)43/h5-8,10-12,14-17,21,24,27,29-32,40H,9,13,18-20H2,1-4H3/b10-6-/t24-,27+,29-,30-,31+,32+,36-/m0/s1. The molecule has 0 unspecified atom stereocenters. The van der Waals surface area contributed by atoms with Gasteiger partial charge in [-0.05, 0) is 49.9 Å². The van der Waals surface area contributed by atoms with Gasteiger partial charge in [0.1, 0.15) is 23.7 Å². The van der Waals surface area contributed by atoms with Gasteiger partial charge in [-0.3, -0.25) is 19.2 Å². The Hall–Kier alpha value is -4.28. The monoisotopic (exact) mass is 627 g/mol. The van der Waals surface area contributed by atoms with E-state index in [0.717, 1.165) is 11.1 Å². The van der Waals surface area contributed by atoms with E-state index in [9.17, 15) is 24.3 Å². The number of amides is 3. The van der Waals surface area contributed by atoms with Crippen molar-refractivity contribution in [2.24, 2.45) is 11.8 Å². The molecule has 4 aliphatic rings. The second-order valence-corrected chi connectivity index (χ2v) is 12.7. The number of hydrogen-bond donors (Lipinski definition) is 1. The largest absolute Gasteiger partial charge is 0.455 e. The summed E-state index contributed by atoms with van der Waals surface area (Å²) in [5.74, 6) is -3.59. The highest BCUT2D eigenvalue weighted by Crippen LogP contribution is 2.56. The smallest absolute Gasteiger partial charge is 0.313 e. The summed E-state index contributed by atoms with van der Waals surface area (Å²) in [6, 6.07) is 13.4. The number of fused-ring (bicyclic) bond motifs is 2. The average molecular weight is 628 g/mol. The van der Waals surface area contributed by atoms with Crippen molar-refractivity contribution in [2.45, 2.75) is 63.5 Å². The first-order chi connectivity index (χ1) is 22.1. The number of rotatable bonds is 4. The lowest BCUT2D eigenvalue weighted by molar-refractivity contribution is -0.164. The molecule has 10 heteroatoms. The first kappa shape index (κ1) is 31.7. The van der Waals surface area contributed by atoms with Crippen LogP contribution in [0.2, 0.25) is 0 Å². The zero-order chi connectivity index (χ0) is 32.7. The van der Waals surface area contributed by atoms with Crippen molar-refractivity contribution in [1.29, 1.82) is 0 Å². The molecule has 3 amide bonds. The van der Waals surface area contributed by atoms with E-state index < -0.39 is 53.6 Å². The van der Waals surface area contributed by atoms with Gasteiger partial charge in [0.2, 0.25) is 11.8 Å². The third-order valence-electron chi connectivity index (χ3n) is 9.94. The highest BCUT2D eigenvalue weighted by molar-refractivity contribution is 6.05. The van der Waals surface area contributed by atoms with E-state index in [1.54, 1.807) is 29.0 Å². The fourth-order valence-electron chi connectivity index (χ4n) is 7.43. The molecule has 2 aromatic rings. The van der Waals surface area contributed by atoms with Gasteiger partial charge in [0.15, 0.2) is 0 Å². The molecule has 1 spiro atoms. The normalized spacial score (nSPS) is 32.2. The summed E-state index contributed by atoms with van der Waals surface area (Å²) in [5, 5.41) is 10.0. The highest BCUT2D eigenvalue weighted by atomic mass is 16.6. The number of carbonyl (C=O) groups excluding carboxylic acids is 4. The summed E-state index contributed by atoms with van der Waals surface area (Å²) in [6.45, 7) is 5.44. The number of benzene rings is 2. The number of aliphatic hydroxyl groups is 1. The lowest BCUT2D eigenvalue weighted by Gasteiger charge is -2.36. The van der Waals surface area contributed by atoms with Crippen LogP contribution in [-0.2, 0) is 28.7 Å².